The molecule has 5 heteroatoms. The number of aromatic carboxylic acids is 1. The summed E-state index contributed by atoms with van der Waals surface area (Å²) in [5.74, 6) is 0.188. The molecule has 2 bridgehead atoms. The highest BCUT2D eigenvalue weighted by Crippen LogP contribution is 2.42. The van der Waals surface area contributed by atoms with Crippen LogP contribution in [0.4, 0.5) is 5.13 Å². The summed E-state index contributed by atoms with van der Waals surface area (Å²) >= 11 is 1.36. The van der Waals surface area contributed by atoms with E-state index < -0.39 is 5.97 Å². The minimum absolute atomic E-state index is 0.218. The number of piperidine rings is 1. The molecule has 1 saturated heterocycles. The van der Waals surface area contributed by atoms with Gasteiger partial charge in [-0.3, -0.25) is 0 Å². The third-order valence-electron chi connectivity index (χ3n) is 4.57. The van der Waals surface area contributed by atoms with E-state index in [4.69, 9.17) is 0 Å². The summed E-state index contributed by atoms with van der Waals surface area (Å²) in [4.78, 5) is 18.8. The van der Waals surface area contributed by atoms with Gasteiger partial charge in [0.1, 0.15) is 4.88 Å². The van der Waals surface area contributed by atoms with Crippen molar-refractivity contribution in [1.82, 2.24) is 4.98 Å². The van der Waals surface area contributed by atoms with Gasteiger partial charge in [0, 0.05) is 12.6 Å². The number of rotatable bonds is 4. The fourth-order valence-electron chi connectivity index (χ4n) is 3.28. The minimum Gasteiger partial charge on any atom is -0.477 e. The SMILES string of the molecule is CCC(C)c1nc(N2CC3CCC2C3)sc1C(=O)O. The van der Waals surface area contributed by atoms with Crippen molar-refractivity contribution in [2.75, 3.05) is 11.4 Å². The van der Waals surface area contributed by atoms with Gasteiger partial charge in [-0.05, 0) is 37.5 Å². The van der Waals surface area contributed by atoms with E-state index in [-0.39, 0.29) is 5.92 Å². The zero-order valence-electron chi connectivity index (χ0n) is 11.4. The quantitative estimate of drug-likeness (QED) is 0.919. The van der Waals surface area contributed by atoms with Gasteiger partial charge in [0.25, 0.3) is 0 Å². The van der Waals surface area contributed by atoms with E-state index in [0.717, 1.165) is 29.7 Å². The summed E-state index contributed by atoms with van der Waals surface area (Å²) in [6.45, 7) is 5.20. The summed E-state index contributed by atoms with van der Waals surface area (Å²) in [7, 11) is 0. The Labute approximate surface area is 117 Å². The molecule has 104 valence electrons. The van der Waals surface area contributed by atoms with E-state index in [0.29, 0.717) is 10.9 Å². The van der Waals surface area contributed by atoms with Crippen molar-refractivity contribution in [2.24, 2.45) is 5.92 Å². The van der Waals surface area contributed by atoms with E-state index >= 15 is 0 Å². The summed E-state index contributed by atoms with van der Waals surface area (Å²) < 4.78 is 0. The van der Waals surface area contributed by atoms with Crippen molar-refractivity contribution in [1.29, 1.82) is 0 Å². The van der Waals surface area contributed by atoms with Gasteiger partial charge in [-0.2, -0.15) is 0 Å². The largest absolute Gasteiger partial charge is 0.477 e. The zero-order chi connectivity index (χ0) is 13.6. The van der Waals surface area contributed by atoms with Crippen LogP contribution in [0.15, 0.2) is 0 Å². The second-order valence-corrected chi connectivity index (χ2v) is 6.79. The second-order valence-electron chi connectivity index (χ2n) is 5.81. The highest BCUT2D eigenvalue weighted by atomic mass is 32.1. The Morgan fingerprint density at radius 1 is 1.58 bits per heavy atom. The van der Waals surface area contributed by atoms with Crippen molar-refractivity contribution >= 4 is 22.4 Å². The van der Waals surface area contributed by atoms with E-state index in [9.17, 15) is 9.90 Å². The highest BCUT2D eigenvalue weighted by molar-refractivity contribution is 7.17. The topological polar surface area (TPSA) is 53.4 Å². The highest BCUT2D eigenvalue weighted by Gasteiger charge is 2.39. The smallest absolute Gasteiger partial charge is 0.347 e. The van der Waals surface area contributed by atoms with Crippen LogP contribution in [-0.4, -0.2) is 28.6 Å². The first-order chi connectivity index (χ1) is 9.10. The summed E-state index contributed by atoms with van der Waals surface area (Å²) in [6, 6.07) is 0.600. The molecular formula is C14H20N2O2S. The van der Waals surface area contributed by atoms with Gasteiger partial charge < -0.3 is 10.0 Å². The van der Waals surface area contributed by atoms with Crippen molar-refractivity contribution in [2.45, 2.75) is 51.5 Å². The lowest BCUT2D eigenvalue weighted by atomic mass is 10.0. The Morgan fingerprint density at radius 3 is 2.89 bits per heavy atom. The molecule has 0 amide bonds. The fraction of sp³-hybridized carbons (Fsp3) is 0.714. The maximum atomic E-state index is 11.4. The lowest BCUT2D eigenvalue weighted by Gasteiger charge is -2.26. The molecule has 1 aliphatic carbocycles. The van der Waals surface area contributed by atoms with Crippen molar-refractivity contribution < 1.29 is 9.90 Å². The average molecular weight is 280 g/mol. The summed E-state index contributed by atoms with van der Waals surface area (Å²) in [6.07, 6.45) is 4.76. The molecule has 19 heavy (non-hydrogen) atoms. The molecule has 1 aromatic rings. The Balaban J connectivity index is 1.92. The first kappa shape index (κ1) is 12.9. The molecule has 4 nitrogen and oxygen atoms in total. The number of hydrogen-bond donors (Lipinski definition) is 1. The van der Waals surface area contributed by atoms with Gasteiger partial charge in [0.05, 0.1) is 5.69 Å². The van der Waals surface area contributed by atoms with Gasteiger partial charge in [-0.1, -0.05) is 25.2 Å². The standard InChI is InChI=1S/C14H20N2O2S/c1-3-8(2)11-12(13(17)18)19-14(15-11)16-7-9-4-5-10(16)6-9/h8-10H,3-7H2,1-2H3,(H,17,18). The molecule has 3 atom stereocenters. The average Bonchev–Trinajstić information content (AvgIpc) is 3.10. The predicted octanol–water partition coefficient (Wildman–Crippen LogP) is 3.34. The summed E-state index contributed by atoms with van der Waals surface area (Å²) in [5.41, 5.74) is 0.776. The maximum Gasteiger partial charge on any atom is 0.347 e. The third-order valence-corrected chi connectivity index (χ3v) is 5.67. The number of carbonyl (C=O) groups is 1. The number of nitrogens with zero attached hydrogens (tertiary/aromatic N) is 2. The van der Waals surface area contributed by atoms with Crippen LogP contribution in [0, 0.1) is 5.92 Å². The van der Waals surface area contributed by atoms with Crippen LogP contribution in [0.3, 0.4) is 0 Å². The predicted molar refractivity (Wildman–Crippen MR) is 76.3 cm³/mol. The number of thiazole rings is 1. The van der Waals surface area contributed by atoms with Crippen LogP contribution in [0.2, 0.25) is 0 Å². The normalized spacial score (nSPS) is 26.9. The molecule has 3 unspecified atom stereocenters. The van der Waals surface area contributed by atoms with E-state index in [1.165, 1.54) is 30.6 Å². The lowest BCUT2D eigenvalue weighted by Crippen LogP contribution is -2.31. The Kier molecular flexibility index (Phi) is 3.25. The number of aromatic nitrogens is 1. The molecule has 0 radical (unpaired) electrons. The van der Waals surface area contributed by atoms with Gasteiger partial charge in [0.15, 0.2) is 5.13 Å². The number of hydrogen-bond acceptors (Lipinski definition) is 4. The Hall–Kier alpha value is -1.10. The number of fused-ring (bicyclic) bond motifs is 2. The third kappa shape index (κ3) is 2.14. The fourth-order valence-corrected chi connectivity index (χ4v) is 4.39. The number of carboxylic acid groups (broad SMARTS) is 1. The molecule has 1 aromatic heterocycles. The molecule has 1 aliphatic heterocycles. The zero-order valence-corrected chi connectivity index (χ0v) is 12.2. The van der Waals surface area contributed by atoms with Crippen LogP contribution in [0.1, 0.15) is 60.8 Å². The molecule has 1 saturated carbocycles. The van der Waals surface area contributed by atoms with Gasteiger partial charge in [0.2, 0.25) is 0 Å². The van der Waals surface area contributed by atoms with Crippen LogP contribution in [-0.2, 0) is 0 Å². The monoisotopic (exact) mass is 280 g/mol. The Bertz CT molecular complexity index is 500. The molecule has 3 rings (SSSR count). The van der Waals surface area contributed by atoms with Gasteiger partial charge in [-0.15, -0.1) is 0 Å². The van der Waals surface area contributed by atoms with E-state index in [1.54, 1.807) is 0 Å². The summed E-state index contributed by atoms with van der Waals surface area (Å²) in [5, 5.41) is 10.3. The minimum atomic E-state index is -0.830. The van der Waals surface area contributed by atoms with Crippen LogP contribution in [0.5, 0.6) is 0 Å². The molecule has 0 spiro atoms. The maximum absolute atomic E-state index is 11.4. The molecule has 0 aromatic carbocycles. The molecule has 2 fully saturated rings. The number of anilines is 1. The second kappa shape index (κ2) is 4.78. The molecule has 2 heterocycles. The molecule has 1 N–H and O–H groups in total. The van der Waals surface area contributed by atoms with Crippen LogP contribution in [0.25, 0.3) is 0 Å². The van der Waals surface area contributed by atoms with E-state index in [1.807, 2.05) is 0 Å². The van der Waals surface area contributed by atoms with Gasteiger partial charge >= 0.3 is 5.97 Å². The van der Waals surface area contributed by atoms with Crippen LogP contribution < -0.4 is 4.90 Å². The van der Waals surface area contributed by atoms with E-state index in [2.05, 4.69) is 23.7 Å². The van der Waals surface area contributed by atoms with Gasteiger partial charge in [-0.25, -0.2) is 9.78 Å². The first-order valence-electron chi connectivity index (χ1n) is 7.10. The molecular weight excluding hydrogens is 260 g/mol. The molecule has 2 aliphatic rings. The van der Waals surface area contributed by atoms with Crippen LogP contribution >= 0.6 is 11.3 Å². The van der Waals surface area contributed by atoms with Crippen molar-refractivity contribution in [3.63, 3.8) is 0 Å². The van der Waals surface area contributed by atoms with Crippen molar-refractivity contribution in [3.05, 3.63) is 10.6 Å². The lowest BCUT2D eigenvalue weighted by molar-refractivity contribution is 0.0700. The first-order valence-corrected chi connectivity index (χ1v) is 7.92. The number of carboxylic acids is 1. The van der Waals surface area contributed by atoms with Crippen molar-refractivity contribution in [3.8, 4) is 0 Å². The Morgan fingerprint density at radius 2 is 2.37 bits per heavy atom.